The van der Waals surface area contributed by atoms with Crippen molar-refractivity contribution in [3.8, 4) is 0 Å². The van der Waals surface area contributed by atoms with E-state index in [1.165, 1.54) is 122 Å². The summed E-state index contributed by atoms with van der Waals surface area (Å²) in [6.07, 6.45) is 28.6. The molecular formula is C33H63NO6. The van der Waals surface area contributed by atoms with Gasteiger partial charge in [-0.3, -0.25) is 9.59 Å². The van der Waals surface area contributed by atoms with Crippen LogP contribution in [0.4, 0.5) is 0 Å². The van der Waals surface area contributed by atoms with E-state index in [4.69, 9.17) is 10.2 Å². The van der Waals surface area contributed by atoms with Crippen LogP contribution in [0.2, 0.25) is 0 Å². The molecular weight excluding hydrogens is 506 g/mol. The fraction of sp³-hybridized carbons (Fsp3) is 0.909. The van der Waals surface area contributed by atoms with Crippen molar-refractivity contribution in [3.63, 3.8) is 0 Å². The largest absolute Gasteiger partial charge is 0.550 e. The van der Waals surface area contributed by atoms with Gasteiger partial charge in [-0.1, -0.05) is 135 Å². The first-order valence-corrected chi connectivity index (χ1v) is 16.8. The Kier molecular flexibility index (Phi) is 26.4. The molecule has 0 bridgehead atoms. The summed E-state index contributed by atoms with van der Waals surface area (Å²) in [6, 6.07) is 0. The van der Waals surface area contributed by atoms with Crippen LogP contribution in [0.1, 0.15) is 167 Å². The maximum Gasteiger partial charge on any atom is 0.309 e. The van der Waals surface area contributed by atoms with Gasteiger partial charge in [0.1, 0.15) is 0 Å². The third-order valence-corrected chi connectivity index (χ3v) is 8.38. The second-order valence-corrected chi connectivity index (χ2v) is 12.1. The average Bonchev–Trinajstić information content (AvgIpc) is 2.92. The van der Waals surface area contributed by atoms with E-state index in [0.717, 1.165) is 19.3 Å². The highest BCUT2D eigenvalue weighted by Gasteiger charge is 2.28. The Morgan fingerprint density at radius 2 is 0.725 bits per heavy atom. The fourth-order valence-electron chi connectivity index (χ4n) is 5.72. The van der Waals surface area contributed by atoms with Gasteiger partial charge in [-0.15, -0.1) is 0 Å². The Morgan fingerprint density at radius 3 is 1.00 bits per heavy atom. The van der Waals surface area contributed by atoms with Crippen LogP contribution in [-0.4, -0.2) is 58.8 Å². The van der Waals surface area contributed by atoms with Crippen molar-refractivity contribution in [2.75, 3.05) is 26.2 Å². The molecule has 0 saturated heterocycles. The Labute approximate surface area is 245 Å². The van der Waals surface area contributed by atoms with E-state index in [9.17, 15) is 19.5 Å². The van der Waals surface area contributed by atoms with E-state index >= 15 is 0 Å². The van der Waals surface area contributed by atoms with Gasteiger partial charge in [-0.05, 0) is 12.8 Å². The Balaban J connectivity index is 3.77. The molecule has 0 saturated carbocycles. The molecule has 0 aromatic heterocycles. The molecule has 0 aromatic carbocycles. The van der Waals surface area contributed by atoms with Crippen LogP contribution >= 0.6 is 0 Å². The molecule has 0 aliphatic rings. The second kappa shape index (κ2) is 27.5. The summed E-state index contributed by atoms with van der Waals surface area (Å²) in [6.45, 7) is 3.64. The summed E-state index contributed by atoms with van der Waals surface area (Å²) >= 11 is 0. The maximum atomic E-state index is 11.1. The van der Waals surface area contributed by atoms with Crippen LogP contribution in [0.15, 0.2) is 0 Å². The summed E-state index contributed by atoms with van der Waals surface area (Å²) in [5.41, 5.74) is 0. The SMILES string of the molecule is CCCCCCCCCCCCCCCCCCCCCCCC[N+](CCC(=O)[O-])(CCC(=O)O)CCC(=O)O. The number of hydrogen-bond acceptors (Lipinski definition) is 4. The monoisotopic (exact) mass is 569 g/mol. The first-order valence-electron chi connectivity index (χ1n) is 16.8. The van der Waals surface area contributed by atoms with Gasteiger partial charge in [0.25, 0.3) is 0 Å². The summed E-state index contributed by atoms with van der Waals surface area (Å²) < 4.78 is 0.228. The number of carboxylic acids is 3. The van der Waals surface area contributed by atoms with Gasteiger partial charge in [0.15, 0.2) is 0 Å². The van der Waals surface area contributed by atoms with E-state index in [1.807, 2.05) is 0 Å². The lowest BCUT2D eigenvalue weighted by atomic mass is 10.0. The minimum Gasteiger partial charge on any atom is -0.550 e. The molecule has 0 heterocycles. The highest BCUT2D eigenvalue weighted by molar-refractivity contribution is 5.67. The molecule has 236 valence electrons. The number of rotatable bonds is 32. The van der Waals surface area contributed by atoms with Gasteiger partial charge in [0, 0.05) is 12.4 Å². The number of carboxylic acid groups (broad SMARTS) is 3. The van der Waals surface area contributed by atoms with Crippen LogP contribution in [0.25, 0.3) is 0 Å². The quantitative estimate of drug-likeness (QED) is 0.0640. The van der Waals surface area contributed by atoms with Crippen LogP contribution in [0.3, 0.4) is 0 Å². The summed E-state index contributed by atoms with van der Waals surface area (Å²) in [5, 5.41) is 29.3. The first-order chi connectivity index (χ1) is 19.3. The molecule has 0 atom stereocenters. The lowest BCUT2D eigenvalue weighted by Gasteiger charge is -2.38. The Hall–Kier alpha value is -1.63. The highest BCUT2D eigenvalue weighted by atomic mass is 16.4. The van der Waals surface area contributed by atoms with Gasteiger partial charge in [-0.2, -0.15) is 0 Å². The van der Waals surface area contributed by atoms with Crippen molar-refractivity contribution in [2.45, 2.75) is 167 Å². The second-order valence-electron chi connectivity index (χ2n) is 12.1. The molecule has 0 rings (SSSR count). The fourth-order valence-corrected chi connectivity index (χ4v) is 5.72. The molecule has 0 aliphatic heterocycles. The van der Waals surface area contributed by atoms with E-state index in [-0.39, 0.29) is 43.4 Å². The van der Waals surface area contributed by atoms with Crippen molar-refractivity contribution in [3.05, 3.63) is 0 Å². The Bertz CT molecular complexity index is 579. The zero-order valence-corrected chi connectivity index (χ0v) is 26.0. The minimum absolute atomic E-state index is 0.0913. The van der Waals surface area contributed by atoms with Crippen LogP contribution in [-0.2, 0) is 14.4 Å². The van der Waals surface area contributed by atoms with Crippen LogP contribution in [0.5, 0.6) is 0 Å². The zero-order chi connectivity index (χ0) is 29.7. The van der Waals surface area contributed by atoms with Gasteiger partial charge in [0.05, 0.1) is 39.0 Å². The first kappa shape index (κ1) is 38.4. The number of hydrogen-bond donors (Lipinski definition) is 2. The summed E-state index contributed by atoms with van der Waals surface area (Å²) in [4.78, 5) is 33.3. The predicted molar refractivity (Wildman–Crippen MR) is 161 cm³/mol. The maximum absolute atomic E-state index is 11.1. The predicted octanol–water partition coefficient (Wildman–Crippen LogP) is 7.49. The molecule has 0 unspecified atom stereocenters. The van der Waals surface area contributed by atoms with Gasteiger partial charge in [-0.25, -0.2) is 0 Å². The highest BCUT2D eigenvalue weighted by Crippen LogP contribution is 2.18. The van der Waals surface area contributed by atoms with E-state index in [1.54, 1.807) is 0 Å². The minimum atomic E-state index is -1.18. The molecule has 0 aromatic rings. The lowest BCUT2D eigenvalue weighted by molar-refractivity contribution is -0.927. The molecule has 2 N–H and O–H groups in total. The number of nitrogens with zero attached hydrogens (tertiary/aromatic N) is 1. The molecule has 0 aliphatic carbocycles. The smallest absolute Gasteiger partial charge is 0.309 e. The number of carbonyl (C=O) groups is 3. The molecule has 40 heavy (non-hydrogen) atoms. The van der Waals surface area contributed by atoms with Crippen molar-refractivity contribution in [1.29, 1.82) is 0 Å². The van der Waals surface area contributed by atoms with Crippen LogP contribution in [0, 0.1) is 0 Å². The lowest BCUT2D eigenvalue weighted by Crippen LogP contribution is -2.53. The molecule has 7 heteroatoms. The third kappa shape index (κ3) is 26.6. The normalized spacial score (nSPS) is 11.6. The van der Waals surface area contributed by atoms with Crippen molar-refractivity contribution in [2.24, 2.45) is 0 Å². The molecule has 0 amide bonds. The number of unbranched alkanes of at least 4 members (excludes halogenated alkanes) is 21. The average molecular weight is 570 g/mol. The van der Waals surface area contributed by atoms with E-state index < -0.39 is 17.9 Å². The molecule has 7 nitrogen and oxygen atoms in total. The third-order valence-electron chi connectivity index (χ3n) is 8.38. The van der Waals surface area contributed by atoms with Crippen LogP contribution < -0.4 is 5.11 Å². The number of quaternary nitrogens is 1. The number of aliphatic carboxylic acids is 3. The van der Waals surface area contributed by atoms with Crippen molar-refractivity contribution < 1.29 is 34.2 Å². The summed E-state index contributed by atoms with van der Waals surface area (Å²) in [7, 11) is 0. The summed E-state index contributed by atoms with van der Waals surface area (Å²) in [5.74, 6) is -3.07. The van der Waals surface area contributed by atoms with Gasteiger partial charge < -0.3 is 24.6 Å². The Morgan fingerprint density at radius 1 is 0.450 bits per heavy atom. The number of carbonyl (C=O) groups excluding carboxylic acids is 1. The van der Waals surface area contributed by atoms with Gasteiger partial charge in [0.2, 0.25) is 0 Å². The molecule has 0 spiro atoms. The van der Waals surface area contributed by atoms with Crippen molar-refractivity contribution >= 4 is 17.9 Å². The van der Waals surface area contributed by atoms with E-state index in [0.29, 0.717) is 6.54 Å². The van der Waals surface area contributed by atoms with E-state index in [2.05, 4.69) is 6.92 Å². The standard InChI is InChI=1S/C33H63NO6/c1-2-3-4-5-6-7-8-9-10-11-12-13-14-15-16-17-18-19-20-21-22-23-27-34(28-24-31(35)36,29-25-32(37)38)30-26-33(39)40/h2-30H2,1H3,(H2-,35,36,37,38,39,40). The molecule has 0 fully saturated rings. The van der Waals surface area contributed by atoms with Gasteiger partial charge >= 0.3 is 11.9 Å². The molecule has 0 radical (unpaired) electrons. The topological polar surface area (TPSA) is 115 Å². The zero-order valence-electron chi connectivity index (χ0n) is 26.0. The van der Waals surface area contributed by atoms with Crippen molar-refractivity contribution in [1.82, 2.24) is 0 Å².